The van der Waals surface area contributed by atoms with Crippen LogP contribution in [0.15, 0.2) is 59.4 Å². The summed E-state index contributed by atoms with van der Waals surface area (Å²) in [5.74, 6) is -0.952. The molecule has 0 aliphatic heterocycles. The van der Waals surface area contributed by atoms with Gasteiger partial charge in [-0.3, -0.25) is 14.4 Å². The Morgan fingerprint density at radius 2 is 1.69 bits per heavy atom. The van der Waals surface area contributed by atoms with Gasteiger partial charge in [-0.2, -0.15) is 5.10 Å². The highest BCUT2D eigenvalue weighted by Crippen LogP contribution is 2.20. The number of hydrogen-bond acceptors (Lipinski definition) is 4. The van der Waals surface area contributed by atoms with E-state index in [1.807, 2.05) is 62.4 Å². The fourth-order valence-electron chi connectivity index (χ4n) is 3.16. The van der Waals surface area contributed by atoms with Crippen molar-refractivity contribution in [2.24, 2.45) is 5.92 Å². The summed E-state index contributed by atoms with van der Waals surface area (Å²) >= 11 is 0. The Bertz CT molecular complexity index is 1180. The molecule has 32 heavy (non-hydrogen) atoms. The van der Waals surface area contributed by atoms with E-state index < -0.39 is 5.56 Å². The summed E-state index contributed by atoms with van der Waals surface area (Å²) in [7, 11) is 0. The van der Waals surface area contributed by atoms with Gasteiger partial charge in [0.1, 0.15) is 12.2 Å². The van der Waals surface area contributed by atoms with Crippen molar-refractivity contribution in [1.29, 1.82) is 0 Å². The summed E-state index contributed by atoms with van der Waals surface area (Å²) in [6, 6.07) is 16.7. The second kappa shape index (κ2) is 10.0. The number of para-hydroxylation sites is 1. The van der Waals surface area contributed by atoms with Crippen LogP contribution in [-0.4, -0.2) is 21.6 Å². The van der Waals surface area contributed by atoms with E-state index in [2.05, 4.69) is 15.7 Å². The number of nitrogens with zero attached hydrogens (tertiary/aromatic N) is 2. The number of anilines is 2. The van der Waals surface area contributed by atoms with Gasteiger partial charge < -0.3 is 10.6 Å². The highest BCUT2D eigenvalue weighted by Gasteiger charge is 2.16. The summed E-state index contributed by atoms with van der Waals surface area (Å²) in [6.07, 6.45) is 0.767. The molecule has 0 bridgehead atoms. The molecule has 0 saturated carbocycles. The molecule has 1 heterocycles. The second-order valence-corrected chi connectivity index (χ2v) is 7.97. The molecule has 2 aromatic carbocycles. The fraction of sp³-hybridized carbons (Fsp3) is 0.280. The van der Waals surface area contributed by atoms with Crippen molar-refractivity contribution in [2.45, 2.75) is 40.7 Å². The summed E-state index contributed by atoms with van der Waals surface area (Å²) < 4.78 is 1.09. The van der Waals surface area contributed by atoms with Gasteiger partial charge >= 0.3 is 0 Å². The number of aromatic nitrogens is 2. The molecule has 1 aromatic heterocycles. The van der Waals surface area contributed by atoms with Crippen LogP contribution < -0.4 is 16.2 Å². The number of aryl methyl sites for hydroxylation is 2. The molecule has 3 rings (SSSR count). The van der Waals surface area contributed by atoms with Crippen LogP contribution in [0.4, 0.5) is 11.4 Å². The van der Waals surface area contributed by atoms with E-state index in [1.54, 1.807) is 19.9 Å². The number of carbonyl (C=O) groups excluding carboxylic acids is 2. The molecule has 0 saturated heterocycles. The molecule has 0 aliphatic rings. The normalized spacial score (nSPS) is 10.8. The van der Waals surface area contributed by atoms with E-state index in [1.165, 1.54) is 0 Å². The topological polar surface area (TPSA) is 93.1 Å². The van der Waals surface area contributed by atoms with E-state index in [0.717, 1.165) is 27.8 Å². The van der Waals surface area contributed by atoms with E-state index in [9.17, 15) is 14.4 Å². The molecule has 2 amide bonds. The van der Waals surface area contributed by atoms with Gasteiger partial charge in [0.25, 0.3) is 5.56 Å². The van der Waals surface area contributed by atoms with Crippen molar-refractivity contribution in [1.82, 2.24) is 9.78 Å². The molecule has 2 N–H and O–H groups in total. The standard InChI is InChI=1S/C25H28N4O3/c1-5-18-8-6-7-9-20(18)26-23(30)15-29-25(32)22(27-24(31)16(2)3)14-21(28-29)19-12-10-17(4)11-13-19/h6-14,16H,5,15H2,1-4H3,(H,26,30)(H,27,31). The first kappa shape index (κ1) is 22.9. The predicted molar refractivity (Wildman–Crippen MR) is 127 cm³/mol. The zero-order valence-corrected chi connectivity index (χ0v) is 18.8. The SMILES string of the molecule is CCc1ccccc1NC(=O)Cn1nc(-c2ccc(C)cc2)cc(NC(=O)C(C)C)c1=O. The van der Waals surface area contributed by atoms with Gasteiger partial charge in [0, 0.05) is 17.2 Å². The Morgan fingerprint density at radius 1 is 1.00 bits per heavy atom. The predicted octanol–water partition coefficient (Wildman–Crippen LogP) is 4.01. The Morgan fingerprint density at radius 3 is 2.34 bits per heavy atom. The van der Waals surface area contributed by atoms with Gasteiger partial charge in [-0.25, -0.2) is 4.68 Å². The lowest BCUT2D eigenvalue weighted by Gasteiger charge is -2.14. The highest BCUT2D eigenvalue weighted by atomic mass is 16.2. The van der Waals surface area contributed by atoms with Crippen LogP contribution >= 0.6 is 0 Å². The minimum Gasteiger partial charge on any atom is -0.324 e. The lowest BCUT2D eigenvalue weighted by Crippen LogP contribution is -2.33. The van der Waals surface area contributed by atoms with Crippen molar-refractivity contribution in [3.8, 4) is 11.3 Å². The average Bonchev–Trinajstić information content (AvgIpc) is 2.77. The second-order valence-electron chi connectivity index (χ2n) is 7.97. The van der Waals surface area contributed by atoms with E-state index in [4.69, 9.17) is 0 Å². The zero-order valence-electron chi connectivity index (χ0n) is 18.8. The molecule has 0 fully saturated rings. The van der Waals surface area contributed by atoms with Crippen LogP contribution in [0.5, 0.6) is 0 Å². The summed E-state index contributed by atoms with van der Waals surface area (Å²) in [5.41, 5.74) is 3.62. The van der Waals surface area contributed by atoms with Crippen molar-refractivity contribution in [3.63, 3.8) is 0 Å². The molecule has 0 aliphatic carbocycles. The van der Waals surface area contributed by atoms with Crippen molar-refractivity contribution in [2.75, 3.05) is 10.6 Å². The van der Waals surface area contributed by atoms with Crippen LogP contribution in [0.2, 0.25) is 0 Å². The number of rotatable bonds is 7. The van der Waals surface area contributed by atoms with Gasteiger partial charge in [-0.15, -0.1) is 0 Å². The molecule has 7 nitrogen and oxygen atoms in total. The van der Waals surface area contributed by atoms with Gasteiger partial charge in [-0.05, 0) is 31.0 Å². The van der Waals surface area contributed by atoms with Crippen molar-refractivity contribution >= 4 is 23.2 Å². The number of carbonyl (C=O) groups is 2. The smallest absolute Gasteiger partial charge is 0.291 e. The van der Waals surface area contributed by atoms with Gasteiger partial charge in [0.15, 0.2) is 0 Å². The third kappa shape index (κ3) is 5.49. The fourth-order valence-corrected chi connectivity index (χ4v) is 3.16. The van der Waals surface area contributed by atoms with Crippen molar-refractivity contribution in [3.05, 3.63) is 76.1 Å². The minimum atomic E-state index is -0.534. The third-order valence-electron chi connectivity index (χ3n) is 5.07. The van der Waals surface area contributed by atoms with Gasteiger partial charge in [0.2, 0.25) is 11.8 Å². The maximum absolute atomic E-state index is 13.0. The first-order chi connectivity index (χ1) is 15.3. The average molecular weight is 433 g/mol. The maximum atomic E-state index is 13.0. The van der Waals surface area contributed by atoms with Crippen LogP contribution in [0, 0.1) is 12.8 Å². The maximum Gasteiger partial charge on any atom is 0.291 e. The Labute approximate surface area is 187 Å². The van der Waals surface area contributed by atoms with Gasteiger partial charge in [0.05, 0.1) is 5.69 Å². The first-order valence-corrected chi connectivity index (χ1v) is 10.7. The van der Waals surface area contributed by atoms with E-state index >= 15 is 0 Å². The van der Waals surface area contributed by atoms with Crippen LogP contribution in [0.25, 0.3) is 11.3 Å². The molecule has 0 radical (unpaired) electrons. The third-order valence-corrected chi connectivity index (χ3v) is 5.07. The van der Waals surface area contributed by atoms with E-state index in [0.29, 0.717) is 11.4 Å². The number of benzene rings is 2. The Balaban J connectivity index is 1.96. The van der Waals surface area contributed by atoms with E-state index in [-0.39, 0.29) is 30.0 Å². The van der Waals surface area contributed by atoms with Gasteiger partial charge in [-0.1, -0.05) is 68.8 Å². The first-order valence-electron chi connectivity index (χ1n) is 10.7. The molecule has 7 heteroatoms. The molecular formula is C25H28N4O3. The minimum absolute atomic E-state index is 0.0935. The van der Waals surface area contributed by atoms with Crippen LogP contribution in [0.1, 0.15) is 31.9 Å². The molecule has 3 aromatic rings. The largest absolute Gasteiger partial charge is 0.324 e. The zero-order chi connectivity index (χ0) is 23.3. The molecular weight excluding hydrogens is 404 g/mol. The summed E-state index contributed by atoms with van der Waals surface area (Å²) in [6.45, 7) is 7.20. The lowest BCUT2D eigenvalue weighted by atomic mass is 10.1. The van der Waals surface area contributed by atoms with Crippen molar-refractivity contribution < 1.29 is 9.59 Å². The molecule has 166 valence electrons. The monoisotopic (exact) mass is 432 g/mol. The van der Waals surface area contributed by atoms with Crippen LogP contribution in [0.3, 0.4) is 0 Å². The Kier molecular flexibility index (Phi) is 7.20. The number of amides is 2. The molecule has 0 atom stereocenters. The lowest BCUT2D eigenvalue weighted by molar-refractivity contribution is -0.119. The highest BCUT2D eigenvalue weighted by molar-refractivity contribution is 5.93. The summed E-state index contributed by atoms with van der Waals surface area (Å²) in [4.78, 5) is 38.0. The molecule has 0 spiro atoms. The molecule has 0 unspecified atom stereocenters. The quantitative estimate of drug-likeness (QED) is 0.590. The summed E-state index contributed by atoms with van der Waals surface area (Å²) in [5, 5.41) is 9.93. The van der Waals surface area contributed by atoms with Crippen LogP contribution in [-0.2, 0) is 22.6 Å². The number of nitrogens with one attached hydrogen (secondary N) is 2. The Hall–Kier alpha value is -3.74. The number of hydrogen-bond donors (Lipinski definition) is 2.